The summed E-state index contributed by atoms with van der Waals surface area (Å²) in [5.41, 5.74) is 6.69. The molecular formula is C11H14ClNO3. The zero-order valence-electron chi connectivity index (χ0n) is 8.68. The average Bonchev–Trinajstić information content (AvgIpc) is 2.26. The largest absolute Gasteiger partial charge is 0.481 e. The minimum Gasteiger partial charge on any atom is -0.481 e. The number of carbonyl (C=O) groups excluding carboxylic acids is 1. The Balaban J connectivity index is 0.00000225. The number of Topliss-reactive ketones (excluding diaryl/α,β-unsaturated/α-hetero) is 1. The molecule has 0 unspecified atom stereocenters. The number of aliphatic carboxylic acids is 1. The van der Waals surface area contributed by atoms with Crippen LogP contribution in [-0.2, 0) is 11.2 Å². The van der Waals surface area contributed by atoms with Crippen molar-refractivity contribution in [1.29, 1.82) is 0 Å². The van der Waals surface area contributed by atoms with E-state index in [1.165, 1.54) is 0 Å². The van der Waals surface area contributed by atoms with E-state index >= 15 is 0 Å². The van der Waals surface area contributed by atoms with E-state index in [1.54, 1.807) is 24.3 Å². The third-order valence-corrected chi connectivity index (χ3v) is 2.09. The molecule has 5 heteroatoms. The van der Waals surface area contributed by atoms with Crippen molar-refractivity contribution in [3.8, 4) is 0 Å². The summed E-state index contributed by atoms with van der Waals surface area (Å²) in [5.74, 6) is -0.933. The summed E-state index contributed by atoms with van der Waals surface area (Å²) >= 11 is 0. The Kier molecular flexibility index (Phi) is 6.37. The van der Waals surface area contributed by atoms with Crippen LogP contribution >= 0.6 is 12.4 Å². The Hall–Kier alpha value is -1.39. The maximum Gasteiger partial charge on any atom is 0.303 e. The van der Waals surface area contributed by atoms with Gasteiger partial charge in [0, 0.05) is 12.0 Å². The van der Waals surface area contributed by atoms with Crippen LogP contribution in [0.2, 0.25) is 0 Å². The molecule has 0 bridgehead atoms. The molecule has 4 nitrogen and oxygen atoms in total. The fourth-order valence-corrected chi connectivity index (χ4v) is 1.23. The molecule has 1 aromatic rings. The third-order valence-electron chi connectivity index (χ3n) is 2.09. The van der Waals surface area contributed by atoms with Gasteiger partial charge in [0.05, 0.1) is 6.54 Å². The monoisotopic (exact) mass is 243 g/mol. The Morgan fingerprint density at radius 2 is 1.75 bits per heavy atom. The number of halogens is 1. The van der Waals surface area contributed by atoms with Crippen LogP contribution in [0.5, 0.6) is 0 Å². The number of nitrogens with two attached hydrogens (primary N) is 1. The second-order valence-corrected chi connectivity index (χ2v) is 3.22. The standard InChI is InChI=1S/C11H13NO3.ClH/c12-7-10(13)9-4-1-8(2-5-9)3-6-11(14)15;/h1-2,4-5H,3,6-7,12H2,(H,14,15);1H. The Bertz CT molecular complexity index is 362. The van der Waals surface area contributed by atoms with Crippen LogP contribution in [0.4, 0.5) is 0 Å². The summed E-state index contributed by atoms with van der Waals surface area (Å²) < 4.78 is 0. The minimum atomic E-state index is -0.822. The molecule has 0 atom stereocenters. The van der Waals surface area contributed by atoms with Crippen molar-refractivity contribution in [3.05, 3.63) is 35.4 Å². The van der Waals surface area contributed by atoms with Crippen molar-refractivity contribution in [2.24, 2.45) is 5.73 Å². The molecule has 1 rings (SSSR count). The van der Waals surface area contributed by atoms with Gasteiger partial charge in [-0.1, -0.05) is 24.3 Å². The first-order chi connectivity index (χ1) is 7.13. The van der Waals surface area contributed by atoms with Crippen molar-refractivity contribution >= 4 is 24.2 Å². The van der Waals surface area contributed by atoms with Crippen LogP contribution in [0, 0.1) is 0 Å². The van der Waals surface area contributed by atoms with Crippen LogP contribution in [0.25, 0.3) is 0 Å². The van der Waals surface area contributed by atoms with Crippen molar-refractivity contribution < 1.29 is 14.7 Å². The number of carboxylic acid groups (broad SMARTS) is 1. The van der Waals surface area contributed by atoms with E-state index in [0.29, 0.717) is 12.0 Å². The highest BCUT2D eigenvalue weighted by molar-refractivity contribution is 5.97. The third kappa shape index (κ3) is 4.42. The van der Waals surface area contributed by atoms with Crippen molar-refractivity contribution in [2.75, 3.05) is 6.54 Å². The van der Waals surface area contributed by atoms with Gasteiger partial charge in [0.2, 0.25) is 0 Å². The summed E-state index contributed by atoms with van der Waals surface area (Å²) in [5, 5.41) is 8.49. The molecule has 0 aliphatic heterocycles. The molecule has 3 N–H and O–H groups in total. The molecule has 0 saturated carbocycles. The lowest BCUT2D eigenvalue weighted by Crippen LogP contribution is -2.13. The SMILES string of the molecule is Cl.NCC(=O)c1ccc(CCC(=O)O)cc1. The summed E-state index contributed by atoms with van der Waals surface area (Å²) in [7, 11) is 0. The van der Waals surface area contributed by atoms with Gasteiger partial charge in [-0.15, -0.1) is 12.4 Å². The highest BCUT2D eigenvalue weighted by Gasteiger charge is 2.03. The molecule has 0 saturated heterocycles. The van der Waals surface area contributed by atoms with Gasteiger partial charge in [0.25, 0.3) is 0 Å². The summed E-state index contributed by atoms with van der Waals surface area (Å²) in [6, 6.07) is 6.86. The van der Waals surface area contributed by atoms with Gasteiger partial charge in [0.1, 0.15) is 0 Å². The van der Waals surface area contributed by atoms with Gasteiger partial charge in [-0.2, -0.15) is 0 Å². The summed E-state index contributed by atoms with van der Waals surface area (Å²) in [6.45, 7) is -0.00548. The topological polar surface area (TPSA) is 80.4 Å². The molecule has 0 amide bonds. The second kappa shape index (κ2) is 6.98. The molecule has 0 aromatic heterocycles. The van der Waals surface area contributed by atoms with Gasteiger partial charge in [-0.25, -0.2) is 0 Å². The van der Waals surface area contributed by atoms with Crippen LogP contribution in [0.15, 0.2) is 24.3 Å². The summed E-state index contributed by atoms with van der Waals surface area (Å²) in [6.07, 6.45) is 0.580. The second-order valence-electron chi connectivity index (χ2n) is 3.22. The number of carboxylic acids is 1. The first-order valence-corrected chi connectivity index (χ1v) is 4.67. The maximum absolute atomic E-state index is 11.2. The van der Waals surface area contributed by atoms with Gasteiger partial charge >= 0.3 is 5.97 Å². The number of ketones is 1. The molecule has 1 aromatic carbocycles. The predicted octanol–water partition coefficient (Wildman–Crippen LogP) is 1.27. The lowest BCUT2D eigenvalue weighted by molar-refractivity contribution is -0.136. The van der Waals surface area contributed by atoms with E-state index in [4.69, 9.17) is 10.8 Å². The average molecular weight is 244 g/mol. The van der Waals surface area contributed by atoms with Crippen LogP contribution in [0.3, 0.4) is 0 Å². The van der Waals surface area contributed by atoms with Crippen molar-refractivity contribution in [3.63, 3.8) is 0 Å². The molecular weight excluding hydrogens is 230 g/mol. The van der Waals surface area contributed by atoms with Crippen LogP contribution in [-0.4, -0.2) is 23.4 Å². The zero-order chi connectivity index (χ0) is 11.3. The predicted molar refractivity (Wildman–Crippen MR) is 63.0 cm³/mol. The van der Waals surface area contributed by atoms with Gasteiger partial charge in [0.15, 0.2) is 5.78 Å². The molecule has 0 fully saturated rings. The van der Waals surface area contributed by atoms with E-state index in [-0.39, 0.29) is 31.2 Å². The number of rotatable bonds is 5. The lowest BCUT2D eigenvalue weighted by Gasteiger charge is -2.01. The highest BCUT2D eigenvalue weighted by Crippen LogP contribution is 2.07. The number of aryl methyl sites for hydroxylation is 1. The molecule has 88 valence electrons. The molecule has 0 aliphatic carbocycles. The number of hydrogen-bond donors (Lipinski definition) is 2. The minimum absolute atomic E-state index is 0. The van der Waals surface area contributed by atoms with E-state index < -0.39 is 5.97 Å². The number of benzene rings is 1. The molecule has 16 heavy (non-hydrogen) atoms. The zero-order valence-corrected chi connectivity index (χ0v) is 9.50. The molecule has 0 radical (unpaired) electrons. The number of hydrogen-bond acceptors (Lipinski definition) is 3. The molecule has 0 spiro atoms. The van der Waals surface area contributed by atoms with Gasteiger partial charge in [-0.05, 0) is 12.0 Å². The van der Waals surface area contributed by atoms with E-state index in [1.807, 2.05) is 0 Å². The highest BCUT2D eigenvalue weighted by atomic mass is 35.5. The van der Waals surface area contributed by atoms with Gasteiger partial charge < -0.3 is 10.8 Å². The Morgan fingerprint density at radius 1 is 1.19 bits per heavy atom. The van der Waals surface area contributed by atoms with E-state index in [0.717, 1.165) is 5.56 Å². The van der Waals surface area contributed by atoms with E-state index in [2.05, 4.69) is 0 Å². The normalized spacial score (nSPS) is 9.31. The van der Waals surface area contributed by atoms with Crippen molar-refractivity contribution in [2.45, 2.75) is 12.8 Å². The van der Waals surface area contributed by atoms with Crippen LogP contribution in [0.1, 0.15) is 22.3 Å². The van der Waals surface area contributed by atoms with Gasteiger partial charge in [-0.3, -0.25) is 9.59 Å². The first kappa shape index (κ1) is 14.6. The van der Waals surface area contributed by atoms with Crippen LogP contribution < -0.4 is 5.73 Å². The molecule has 0 aliphatic rings. The number of carbonyl (C=O) groups is 2. The quantitative estimate of drug-likeness (QED) is 0.763. The van der Waals surface area contributed by atoms with Crippen molar-refractivity contribution in [1.82, 2.24) is 0 Å². The fourth-order valence-electron chi connectivity index (χ4n) is 1.23. The first-order valence-electron chi connectivity index (χ1n) is 4.67. The lowest BCUT2D eigenvalue weighted by atomic mass is 10.1. The Morgan fingerprint density at radius 3 is 2.19 bits per heavy atom. The summed E-state index contributed by atoms with van der Waals surface area (Å²) in [4.78, 5) is 21.5. The maximum atomic E-state index is 11.2. The fraction of sp³-hybridized carbons (Fsp3) is 0.273. The smallest absolute Gasteiger partial charge is 0.303 e. The van der Waals surface area contributed by atoms with E-state index in [9.17, 15) is 9.59 Å². The Labute approximate surface area is 99.9 Å². The molecule has 0 heterocycles.